The van der Waals surface area contributed by atoms with Crippen LogP contribution in [0.25, 0.3) is 10.9 Å². The summed E-state index contributed by atoms with van der Waals surface area (Å²) in [5, 5.41) is 4.63. The van der Waals surface area contributed by atoms with Crippen LogP contribution in [0.2, 0.25) is 5.02 Å². The fourth-order valence-electron chi connectivity index (χ4n) is 4.19. The lowest BCUT2D eigenvalue weighted by atomic mass is 10.0. The number of para-hydroxylation sites is 1. The number of benzene rings is 2. The normalized spacial score (nSPS) is 15.3. The molecule has 0 saturated carbocycles. The van der Waals surface area contributed by atoms with Crippen molar-refractivity contribution in [2.24, 2.45) is 0 Å². The van der Waals surface area contributed by atoms with Crippen LogP contribution in [0.5, 0.6) is 5.75 Å². The van der Waals surface area contributed by atoms with E-state index in [0.29, 0.717) is 22.8 Å². The Labute approximate surface area is 182 Å². The Morgan fingerprint density at radius 2 is 1.97 bits per heavy atom. The summed E-state index contributed by atoms with van der Waals surface area (Å²) in [7, 11) is 1.69. The molecular formula is C24H26ClN3O2. The molecule has 6 heteroatoms. The van der Waals surface area contributed by atoms with E-state index in [9.17, 15) is 4.79 Å². The van der Waals surface area contributed by atoms with Crippen LogP contribution in [0.3, 0.4) is 0 Å². The van der Waals surface area contributed by atoms with Crippen LogP contribution < -0.4 is 10.1 Å². The van der Waals surface area contributed by atoms with Gasteiger partial charge >= 0.3 is 0 Å². The Balaban J connectivity index is 1.58. The number of nitrogens with zero attached hydrogens (tertiary/aromatic N) is 2. The number of carbonyl (C=O) groups excluding carboxylic acids is 1. The van der Waals surface area contributed by atoms with E-state index >= 15 is 0 Å². The van der Waals surface area contributed by atoms with Gasteiger partial charge in [-0.15, -0.1) is 0 Å². The second-order valence-corrected chi connectivity index (χ2v) is 8.11. The highest BCUT2D eigenvalue weighted by Gasteiger charge is 2.26. The Bertz CT molecular complexity index is 1060. The van der Waals surface area contributed by atoms with Crippen LogP contribution >= 0.6 is 11.6 Å². The number of hydrogen-bond donors (Lipinski definition) is 1. The first-order chi connectivity index (χ1) is 14.6. The van der Waals surface area contributed by atoms with Crippen LogP contribution in [0.15, 0.2) is 48.5 Å². The first kappa shape index (κ1) is 20.6. The van der Waals surface area contributed by atoms with Gasteiger partial charge in [-0.25, -0.2) is 0 Å². The van der Waals surface area contributed by atoms with Gasteiger partial charge in [0.2, 0.25) is 0 Å². The highest BCUT2D eigenvalue weighted by atomic mass is 35.5. The number of fused-ring (bicyclic) bond motifs is 1. The molecule has 156 valence electrons. The first-order valence-electron chi connectivity index (χ1n) is 10.3. The summed E-state index contributed by atoms with van der Waals surface area (Å²) in [6.45, 7) is 4.41. The van der Waals surface area contributed by atoms with Crippen LogP contribution in [0, 0.1) is 6.92 Å². The number of hydrogen-bond acceptors (Lipinski definition) is 4. The van der Waals surface area contributed by atoms with E-state index in [2.05, 4.69) is 21.3 Å². The lowest BCUT2D eigenvalue weighted by Crippen LogP contribution is -2.37. The van der Waals surface area contributed by atoms with Gasteiger partial charge in [0.25, 0.3) is 5.91 Å². The van der Waals surface area contributed by atoms with Crippen molar-refractivity contribution >= 4 is 28.4 Å². The molecule has 1 saturated heterocycles. The maximum absolute atomic E-state index is 13.1. The predicted molar refractivity (Wildman–Crippen MR) is 120 cm³/mol. The highest BCUT2D eigenvalue weighted by Crippen LogP contribution is 2.31. The SMILES string of the molecule is COc1ccccc1C(CNC(=O)c1cc2cc(Cl)ccc2nc1C)N1CCCC1. The smallest absolute Gasteiger partial charge is 0.253 e. The summed E-state index contributed by atoms with van der Waals surface area (Å²) in [6.07, 6.45) is 2.35. The predicted octanol–water partition coefficient (Wildman–Crippen LogP) is 4.77. The third-order valence-corrected chi connectivity index (χ3v) is 5.98. The van der Waals surface area contributed by atoms with Crippen LogP contribution in [-0.4, -0.2) is 42.5 Å². The largest absolute Gasteiger partial charge is 0.496 e. The molecule has 2 heterocycles. The van der Waals surface area contributed by atoms with Crippen molar-refractivity contribution in [3.8, 4) is 5.75 Å². The van der Waals surface area contributed by atoms with Crippen LogP contribution in [-0.2, 0) is 0 Å². The average Bonchev–Trinajstić information content (AvgIpc) is 3.28. The van der Waals surface area contributed by atoms with Crippen molar-refractivity contribution in [3.05, 3.63) is 70.4 Å². The van der Waals surface area contributed by atoms with Gasteiger partial charge in [0, 0.05) is 22.5 Å². The van der Waals surface area contributed by atoms with E-state index in [1.54, 1.807) is 7.11 Å². The third kappa shape index (κ3) is 4.27. The summed E-state index contributed by atoms with van der Waals surface area (Å²) >= 11 is 6.12. The zero-order valence-corrected chi connectivity index (χ0v) is 18.1. The van der Waals surface area contributed by atoms with Gasteiger partial charge in [0.05, 0.1) is 29.9 Å². The van der Waals surface area contributed by atoms with Crippen molar-refractivity contribution in [1.82, 2.24) is 15.2 Å². The summed E-state index contributed by atoms with van der Waals surface area (Å²) in [5.74, 6) is 0.725. The quantitative estimate of drug-likeness (QED) is 0.620. The molecule has 5 nitrogen and oxygen atoms in total. The maximum Gasteiger partial charge on any atom is 0.253 e. The second kappa shape index (κ2) is 9.02. The number of rotatable bonds is 6. The molecule has 0 aliphatic carbocycles. The number of pyridine rings is 1. The number of amides is 1. The summed E-state index contributed by atoms with van der Waals surface area (Å²) in [6, 6.07) is 15.5. The minimum Gasteiger partial charge on any atom is -0.496 e. The van der Waals surface area contributed by atoms with E-state index in [-0.39, 0.29) is 11.9 Å². The lowest BCUT2D eigenvalue weighted by molar-refractivity contribution is 0.0936. The molecule has 0 bridgehead atoms. The first-order valence-corrected chi connectivity index (χ1v) is 10.7. The number of likely N-dealkylation sites (tertiary alicyclic amines) is 1. The van der Waals surface area contributed by atoms with Gasteiger partial charge in [0.1, 0.15) is 5.75 Å². The van der Waals surface area contributed by atoms with Gasteiger partial charge in [0.15, 0.2) is 0 Å². The molecule has 1 aliphatic rings. The van der Waals surface area contributed by atoms with Crippen molar-refractivity contribution in [1.29, 1.82) is 0 Å². The molecule has 4 rings (SSSR count). The van der Waals surface area contributed by atoms with E-state index in [1.807, 2.05) is 49.4 Å². The molecule has 3 aromatic rings. The minimum atomic E-state index is -0.124. The number of carbonyl (C=O) groups is 1. The molecule has 1 atom stereocenters. The molecule has 0 spiro atoms. The number of halogens is 1. The number of ether oxygens (including phenoxy) is 1. The molecule has 1 unspecified atom stereocenters. The summed E-state index contributed by atoms with van der Waals surface area (Å²) in [5.41, 5.74) is 3.21. The molecule has 2 aromatic carbocycles. The molecule has 0 radical (unpaired) electrons. The molecule has 1 aromatic heterocycles. The zero-order chi connectivity index (χ0) is 21.1. The number of aryl methyl sites for hydroxylation is 1. The average molecular weight is 424 g/mol. The second-order valence-electron chi connectivity index (χ2n) is 7.67. The van der Waals surface area contributed by atoms with E-state index in [1.165, 1.54) is 12.8 Å². The molecule has 1 amide bonds. The van der Waals surface area contributed by atoms with E-state index in [4.69, 9.17) is 16.3 Å². The third-order valence-electron chi connectivity index (χ3n) is 5.75. The van der Waals surface area contributed by atoms with Gasteiger partial charge in [-0.1, -0.05) is 29.8 Å². The van der Waals surface area contributed by atoms with Crippen molar-refractivity contribution in [2.45, 2.75) is 25.8 Å². The fourth-order valence-corrected chi connectivity index (χ4v) is 4.37. The van der Waals surface area contributed by atoms with E-state index < -0.39 is 0 Å². The molecular weight excluding hydrogens is 398 g/mol. The summed E-state index contributed by atoms with van der Waals surface area (Å²) < 4.78 is 5.59. The topological polar surface area (TPSA) is 54.5 Å². The van der Waals surface area contributed by atoms with Crippen molar-refractivity contribution in [3.63, 3.8) is 0 Å². The molecule has 1 aliphatic heterocycles. The monoisotopic (exact) mass is 423 g/mol. The standard InChI is InChI=1S/C24H26ClN3O2/c1-16-20(14-17-13-18(25)9-10-21(17)27-16)24(29)26-15-22(28-11-5-6-12-28)19-7-3-4-8-23(19)30-2/h3-4,7-10,13-14,22H,5-6,11-12,15H2,1-2H3,(H,26,29). The molecule has 1 N–H and O–H groups in total. The molecule has 30 heavy (non-hydrogen) atoms. The van der Waals surface area contributed by atoms with Gasteiger partial charge in [-0.2, -0.15) is 0 Å². The van der Waals surface area contributed by atoms with Gasteiger partial charge in [-0.3, -0.25) is 14.7 Å². The Hall–Kier alpha value is -2.63. The summed E-state index contributed by atoms with van der Waals surface area (Å²) in [4.78, 5) is 20.1. The van der Waals surface area contributed by atoms with Crippen LogP contribution in [0.1, 0.15) is 40.5 Å². The lowest BCUT2D eigenvalue weighted by Gasteiger charge is -2.29. The Kier molecular flexibility index (Phi) is 6.21. The Morgan fingerprint density at radius 3 is 2.73 bits per heavy atom. The van der Waals surface area contributed by atoms with Crippen molar-refractivity contribution < 1.29 is 9.53 Å². The van der Waals surface area contributed by atoms with Crippen LogP contribution in [0.4, 0.5) is 0 Å². The zero-order valence-electron chi connectivity index (χ0n) is 17.3. The highest BCUT2D eigenvalue weighted by molar-refractivity contribution is 6.31. The van der Waals surface area contributed by atoms with Crippen molar-refractivity contribution in [2.75, 3.05) is 26.7 Å². The Morgan fingerprint density at radius 1 is 1.20 bits per heavy atom. The number of nitrogens with one attached hydrogen (secondary N) is 1. The number of aromatic nitrogens is 1. The minimum absolute atomic E-state index is 0.0655. The van der Waals surface area contributed by atoms with Gasteiger partial charge in [-0.05, 0) is 63.2 Å². The number of methoxy groups -OCH3 is 1. The molecule has 1 fully saturated rings. The van der Waals surface area contributed by atoms with E-state index in [0.717, 1.165) is 35.3 Å². The van der Waals surface area contributed by atoms with Gasteiger partial charge < -0.3 is 10.1 Å². The fraction of sp³-hybridized carbons (Fsp3) is 0.333. The maximum atomic E-state index is 13.1.